The summed E-state index contributed by atoms with van der Waals surface area (Å²) in [5.41, 5.74) is 9.45. The molecule has 0 amide bonds. The van der Waals surface area contributed by atoms with Gasteiger partial charge in [-0.15, -0.1) is 0 Å². The molecule has 2 N–H and O–H groups in total. The van der Waals surface area contributed by atoms with Crippen LogP contribution in [0.15, 0.2) is 36.2 Å². The van der Waals surface area contributed by atoms with Crippen LogP contribution in [0, 0.1) is 18.0 Å². The van der Waals surface area contributed by atoms with Gasteiger partial charge < -0.3 is 20.4 Å². The number of nitrogens with one attached hydrogen (secondary N) is 2. The highest BCUT2D eigenvalue weighted by atomic mass is 16.5. The number of hydrogen-bond donors (Lipinski definition) is 2. The zero-order valence-corrected chi connectivity index (χ0v) is 17.7. The summed E-state index contributed by atoms with van der Waals surface area (Å²) in [6.07, 6.45) is 8.96. The maximum absolute atomic E-state index is 13.2. The van der Waals surface area contributed by atoms with Gasteiger partial charge in [-0.05, 0) is 56.0 Å². The summed E-state index contributed by atoms with van der Waals surface area (Å²) in [7, 11) is 0. The number of quaternary nitrogens is 1. The molecule has 156 valence electrons. The van der Waals surface area contributed by atoms with E-state index in [2.05, 4.69) is 47.5 Å². The summed E-state index contributed by atoms with van der Waals surface area (Å²) in [6.45, 7) is 6.95. The van der Waals surface area contributed by atoms with Crippen molar-refractivity contribution in [2.24, 2.45) is 5.92 Å². The lowest BCUT2D eigenvalue weighted by molar-refractivity contribution is -0.718. The first-order valence-corrected chi connectivity index (χ1v) is 10.8. The van der Waals surface area contributed by atoms with E-state index < -0.39 is 0 Å². The van der Waals surface area contributed by atoms with E-state index in [-0.39, 0.29) is 17.2 Å². The zero-order chi connectivity index (χ0) is 20.8. The molecule has 3 aliphatic rings. The van der Waals surface area contributed by atoms with E-state index in [0.717, 1.165) is 63.7 Å². The minimum Gasteiger partial charge on any atom is -0.624 e. The zero-order valence-electron chi connectivity index (χ0n) is 17.7. The average molecular weight is 405 g/mol. The molecule has 2 atom stereocenters. The molecule has 6 heteroatoms. The number of hydrazine groups is 1. The standard InChI is InChI=1S/C24H28N4O2/c1-15(2)24-23(17-7-8-25-16(3)10-17)20-11-18-13-26-28(22-6-4-5-9-30-22)21(18)12-19(20)14-27(24)29/h7-8,10-15,22,26-27H,4-6,9H2,1-3H3. The molecule has 0 radical (unpaired) electrons. The third-order valence-corrected chi connectivity index (χ3v) is 6.11. The number of pyridine rings is 1. The third-order valence-electron chi connectivity index (χ3n) is 6.11. The summed E-state index contributed by atoms with van der Waals surface area (Å²) in [4.78, 5) is 4.35. The monoisotopic (exact) mass is 404 g/mol. The van der Waals surface area contributed by atoms with Crippen LogP contribution in [0.3, 0.4) is 0 Å². The lowest BCUT2D eigenvalue weighted by Crippen LogP contribution is -3.01. The highest BCUT2D eigenvalue weighted by Crippen LogP contribution is 2.29. The van der Waals surface area contributed by atoms with Gasteiger partial charge in [0.2, 0.25) is 0 Å². The Morgan fingerprint density at radius 3 is 2.83 bits per heavy atom. The lowest BCUT2D eigenvalue weighted by atomic mass is 9.88. The SMILES string of the molecule is Cc1cc(C2=C(C(C)C)[NH+]([O-])C=c3cc4c(cc32)=CNN4C2CCCCO2)ccn1. The molecule has 30 heavy (non-hydrogen) atoms. The van der Waals surface area contributed by atoms with Crippen molar-refractivity contribution < 1.29 is 9.80 Å². The molecule has 1 aromatic carbocycles. The molecule has 1 saturated heterocycles. The van der Waals surface area contributed by atoms with Gasteiger partial charge in [-0.3, -0.25) is 9.99 Å². The van der Waals surface area contributed by atoms with Gasteiger partial charge in [0.15, 0.2) is 0 Å². The van der Waals surface area contributed by atoms with Crippen LogP contribution >= 0.6 is 0 Å². The number of ether oxygens (including phenoxy) is 1. The van der Waals surface area contributed by atoms with E-state index in [1.54, 1.807) is 6.20 Å². The van der Waals surface area contributed by atoms with Crippen LogP contribution in [0.4, 0.5) is 5.69 Å². The largest absolute Gasteiger partial charge is 0.624 e. The maximum atomic E-state index is 13.2. The molecule has 2 aromatic rings. The molecule has 2 unspecified atom stereocenters. The molecule has 1 aromatic heterocycles. The quantitative estimate of drug-likeness (QED) is 0.760. The lowest BCUT2D eigenvalue weighted by Gasteiger charge is -2.33. The van der Waals surface area contributed by atoms with Crippen molar-refractivity contribution in [1.29, 1.82) is 0 Å². The van der Waals surface area contributed by atoms with Crippen molar-refractivity contribution in [3.8, 4) is 0 Å². The Balaban J connectivity index is 1.67. The van der Waals surface area contributed by atoms with Crippen LogP contribution in [-0.4, -0.2) is 17.8 Å². The number of benzene rings is 1. The van der Waals surface area contributed by atoms with Crippen molar-refractivity contribution in [1.82, 2.24) is 10.4 Å². The van der Waals surface area contributed by atoms with Gasteiger partial charge in [0.1, 0.15) is 18.1 Å². The first-order valence-electron chi connectivity index (χ1n) is 10.8. The van der Waals surface area contributed by atoms with Gasteiger partial charge >= 0.3 is 0 Å². The van der Waals surface area contributed by atoms with E-state index in [1.807, 2.05) is 25.4 Å². The highest BCUT2D eigenvalue weighted by molar-refractivity contribution is 5.84. The number of anilines is 1. The van der Waals surface area contributed by atoms with Crippen LogP contribution in [0.1, 0.15) is 49.9 Å². The van der Waals surface area contributed by atoms with Crippen molar-refractivity contribution in [2.75, 3.05) is 11.6 Å². The first-order chi connectivity index (χ1) is 14.5. The van der Waals surface area contributed by atoms with Crippen molar-refractivity contribution in [2.45, 2.75) is 46.3 Å². The third kappa shape index (κ3) is 3.21. The number of hydroxylamine groups is 2. The number of nitrogens with zero attached hydrogens (tertiary/aromatic N) is 2. The summed E-state index contributed by atoms with van der Waals surface area (Å²) in [6, 6.07) is 8.40. The molecule has 0 spiro atoms. The predicted octanol–water partition coefficient (Wildman–Crippen LogP) is 1.53. The number of aryl methyl sites for hydroxylation is 1. The Bertz CT molecular complexity index is 1130. The molecule has 5 rings (SSSR count). The van der Waals surface area contributed by atoms with Gasteiger partial charge in [0, 0.05) is 52.2 Å². The Labute approximate surface area is 176 Å². The Hall–Kier alpha value is -2.67. The molecular formula is C24H28N4O2. The first kappa shape index (κ1) is 19.3. The van der Waals surface area contributed by atoms with Crippen LogP contribution < -0.4 is 25.9 Å². The average Bonchev–Trinajstić information content (AvgIpc) is 3.14. The number of allylic oxidation sites excluding steroid dienone is 1. The second-order valence-corrected chi connectivity index (χ2v) is 8.60. The second-order valence-electron chi connectivity index (χ2n) is 8.60. The smallest absolute Gasteiger partial charge is 0.148 e. The number of hydrogen-bond acceptors (Lipinski definition) is 5. The van der Waals surface area contributed by atoms with Gasteiger partial charge in [0.25, 0.3) is 0 Å². The minimum absolute atomic E-state index is 0.0256. The summed E-state index contributed by atoms with van der Waals surface area (Å²) in [5, 5.41) is 17.4. The molecule has 0 saturated carbocycles. The molecule has 4 heterocycles. The fourth-order valence-electron chi connectivity index (χ4n) is 4.73. The predicted molar refractivity (Wildman–Crippen MR) is 118 cm³/mol. The molecule has 1 fully saturated rings. The van der Waals surface area contributed by atoms with Gasteiger partial charge in [0.05, 0.1) is 5.69 Å². The highest BCUT2D eigenvalue weighted by Gasteiger charge is 2.29. The second kappa shape index (κ2) is 7.54. The fourth-order valence-corrected chi connectivity index (χ4v) is 4.73. The van der Waals surface area contributed by atoms with Crippen LogP contribution in [0.25, 0.3) is 18.0 Å². The normalized spacial score (nSPS) is 22.9. The molecule has 3 aliphatic heterocycles. The molecule has 0 bridgehead atoms. The molecule has 0 aliphatic carbocycles. The van der Waals surface area contributed by atoms with Crippen molar-refractivity contribution >= 4 is 23.7 Å². The number of rotatable bonds is 3. The van der Waals surface area contributed by atoms with Gasteiger partial charge in [-0.2, -0.15) is 0 Å². The maximum Gasteiger partial charge on any atom is 0.148 e. The van der Waals surface area contributed by atoms with E-state index in [4.69, 9.17) is 4.74 Å². The topological polar surface area (TPSA) is 64.9 Å². The van der Waals surface area contributed by atoms with E-state index in [0.29, 0.717) is 0 Å². The molecular weight excluding hydrogens is 376 g/mol. The van der Waals surface area contributed by atoms with Crippen molar-refractivity contribution in [3.63, 3.8) is 0 Å². The Kier molecular flexibility index (Phi) is 4.85. The Morgan fingerprint density at radius 1 is 1.23 bits per heavy atom. The van der Waals surface area contributed by atoms with Gasteiger partial charge in [-0.1, -0.05) is 13.8 Å². The van der Waals surface area contributed by atoms with Crippen LogP contribution in [-0.2, 0) is 4.74 Å². The number of fused-ring (bicyclic) bond motifs is 2. The van der Waals surface area contributed by atoms with Crippen molar-refractivity contribution in [3.05, 3.63) is 68.6 Å². The summed E-state index contributed by atoms with van der Waals surface area (Å²) in [5.74, 6) is 0.132. The number of aromatic nitrogens is 1. The van der Waals surface area contributed by atoms with Crippen LogP contribution in [0.2, 0.25) is 0 Å². The minimum atomic E-state index is 0.0256. The van der Waals surface area contributed by atoms with E-state index in [1.165, 1.54) is 6.42 Å². The molecule has 6 nitrogen and oxygen atoms in total. The summed E-state index contributed by atoms with van der Waals surface area (Å²) < 4.78 is 5.99. The Morgan fingerprint density at radius 2 is 2.10 bits per heavy atom. The van der Waals surface area contributed by atoms with Gasteiger partial charge in [-0.25, -0.2) is 0 Å². The summed E-state index contributed by atoms with van der Waals surface area (Å²) >= 11 is 0. The fraction of sp³-hybridized carbons (Fsp3) is 0.375. The van der Waals surface area contributed by atoms with E-state index >= 15 is 0 Å². The van der Waals surface area contributed by atoms with Crippen LogP contribution in [0.5, 0.6) is 0 Å². The van der Waals surface area contributed by atoms with E-state index in [9.17, 15) is 5.21 Å².